The Kier molecular flexibility index (Phi) is 5.59. The molecule has 2 unspecified atom stereocenters. The quantitative estimate of drug-likeness (QED) is 0.247. The van der Waals surface area contributed by atoms with Crippen LogP contribution in [0.1, 0.15) is 70.7 Å². The molecule has 2 fully saturated rings. The molecule has 5 aliphatic rings. The molecule has 0 saturated heterocycles. The maximum absolute atomic E-state index is 15.1. The fourth-order valence-electron chi connectivity index (χ4n) is 6.88. The Labute approximate surface area is 228 Å². The number of ether oxygens (including phenoxy) is 3. The fourth-order valence-corrected chi connectivity index (χ4v) is 6.88. The van der Waals surface area contributed by atoms with E-state index < -0.39 is 29.1 Å². The third kappa shape index (κ3) is 3.70. The van der Waals surface area contributed by atoms with Crippen LogP contribution in [-0.2, 0) is 33.5 Å². The van der Waals surface area contributed by atoms with Gasteiger partial charge in [-0.15, -0.1) is 0 Å². The average Bonchev–Trinajstić information content (AvgIpc) is 3.71. The number of esters is 1. The van der Waals surface area contributed by atoms with Crippen LogP contribution in [0.25, 0.3) is 0 Å². The first-order valence-corrected chi connectivity index (χ1v) is 13.5. The predicted molar refractivity (Wildman–Crippen MR) is 135 cm³/mol. The van der Waals surface area contributed by atoms with Crippen molar-refractivity contribution in [3.8, 4) is 5.88 Å². The summed E-state index contributed by atoms with van der Waals surface area (Å²) in [6, 6.07) is 10.0. The van der Waals surface area contributed by atoms with E-state index in [-0.39, 0.29) is 54.0 Å². The molecule has 0 N–H and O–H groups in total. The van der Waals surface area contributed by atoms with Gasteiger partial charge in [0.05, 0.1) is 24.2 Å². The molecule has 5 atom stereocenters. The molecule has 0 spiro atoms. The number of halogens is 4. The van der Waals surface area contributed by atoms with Crippen molar-refractivity contribution in [2.24, 2.45) is 17.3 Å². The highest BCUT2D eigenvalue weighted by Crippen LogP contribution is 2.97. The standard InChI is InChI=1S/C31H27F4NO4/c1-15(2)13-40-29(37)30-25-20-11-24(36-12-21(20)26(30)27(25)30)39-14-17-9-19-16(10-23(17)32)7-8-38-28(19)18-5-3-4-6-22(18)31(33,34)35/h3-6,9-12,15,25-28H,7-8,13-14H2,1-2H3/t25?,26-,27+,28?,30+/m0/s1. The lowest BCUT2D eigenvalue weighted by atomic mass is 9.89. The number of hydrogen-bond acceptors (Lipinski definition) is 5. The predicted octanol–water partition coefficient (Wildman–Crippen LogP) is 6.49. The van der Waals surface area contributed by atoms with E-state index in [1.165, 1.54) is 30.3 Å². The minimum Gasteiger partial charge on any atom is -0.473 e. The van der Waals surface area contributed by atoms with Crippen LogP contribution in [-0.4, -0.2) is 24.2 Å². The number of rotatable bonds is 7. The van der Waals surface area contributed by atoms with Crippen molar-refractivity contribution >= 4 is 5.97 Å². The van der Waals surface area contributed by atoms with Gasteiger partial charge in [0.25, 0.3) is 0 Å². The van der Waals surface area contributed by atoms with E-state index in [1.54, 1.807) is 6.20 Å². The third-order valence-corrected chi connectivity index (χ3v) is 8.77. The molecular formula is C31H27F4NO4. The number of carbonyl (C=O) groups excluding carboxylic acids is 1. The largest absolute Gasteiger partial charge is 0.473 e. The number of benzene rings is 2. The van der Waals surface area contributed by atoms with Gasteiger partial charge in [-0.05, 0) is 64.3 Å². The van der Waals surface area contributed by atoms with E-state index in [4.69, 9.17) is 14.2 Å². The monoisotopic (exact) mass is 553 g/mol. The molecule has 208 valence electrons. The Bertz CT molecular complexity index is 1540. The van der Waals surface area contributed by atoms with Crippen molar-refractivity contribution in [1.82, 2.24) is 4.98 Å². The molecule has 0 radical (unpaired) electrons. The summed E-state index contributed by atoms with van der Waals surface area (Å²) in [6.45, 7) is 4.43. The summed E-state index contributed by atoms with van der Waals surface area (Å²) < 4.78 is 73.5. The van der Waals surface area contributed by atoms with E-state index in [1.807, 2.05) is 19.9 Å². The first-order valence-electron chi connectivity index (χ1n) is 13.5. The molecule has 9 heteroatoms. The molecule has 3 aromatic rings. The second kappa shape index (κ2) is 8.77. The number of pyridine rings is 1. The van der Waals surface area contributed by atoms with E-state index in [0.717, 1.165) is 17.2 Å². The molecule has 5 nitrogen and oxygen atoms in total. The molecule has 2 aromatic carbocycles. The number of nitrogens with zero attached hydrogens (tertiary/aromatic N) is 1. The van der Waals surface area contributed by atoms with E-state index in [0.29, 0.717) is 30.0 Å². The summed E-state index contributed by atoms with van der Waals surface area (Å²) in [6.07, 6.45) is -3.39. The minimum absolute atomic E-state index is 0.00273. The van der Waals surface area contributed by atoms with Crippen LogP contribution in [0.3, 0.4) is 0 Å². The first kappa shape index (κ1) is 25.5. The van der Waals surface area contributed by atoms with Gasteiger partial charge in [-0.3, -0.25) is 4.79 Å². The highest BCUT2D eigenvalue weighted by Gasteiger charge is 2.95. The molecule has 40 heavy (non-hydrogen) atoms. The molecule has 2 heterocycles. The lowest BCUT2D eigenvalue weighted by Gasteiger charge is -2.29. The lowest BCUT2D eigenvalue weighted by Crippen LogP contribution is -2.21. The summed E-state index contributed by atoms with van der Waals surface area (Å²) >= 11 is 0. The van der Waals surface area contributed by atoms with Gasteiger partial charge >= 0.3 is 12.1 Å². The number of hydrogen-bond donors (Lipinski definition) is 0. The zero-order valence-corrected chi connectivity index (χ0v) is 21.9. The maximum Gasteiger partial charge on any atom is 0.416 e. The van der Waals surface area contributed by atoms with Gasteiger partial charge in [0, 0.05) is 29.7 Å². The highest BCUT2D eigenvalue weighted by atomic mass is 19.4. The summed E-state index contributed by atoms with van der Waals surface area (Å²) in [5.41, 5.74) is 2.17. The van der Waals surface area contributed by atoms with Gasteiger partial charge in [-0.1, -0.05) is 32.0 Å². The number of fused-ring (bicyclic) bond motifs is 1. The van der Waals surface area contributed by atoms with Crippen molar-refractivity contribution in [2.45, 2.75) is 51.0 Å². The summed E-state index contributed by atoms with van der Waals surface area (Å²) in [5, 5.41) is 0. The van der Waals surface area contributed by atoms with Gasteiger partial charge < -0.3 is 14.2 Å². The van der Waals surface area contributed by atoms with Crippen LogP contribution < -0.4 is 4.74 Å². The lowest BCUT2D eigenvalue weighted by molar-refractivity contribution is -0.149. The Morgan fingerprint density at radius 2 is 1.88 bits per heavy atom. The van der Waals surface area contributed by atoms with E-state index in [9.17, 15) is 18.0 Å². The zero-order chi connectivity index (χ0) is 28.0. The van der Waals surface area contributed by atoms with Gasteiger partial charge in [0.15, 0.2) is 0 Å². The van der Waals surface area contributed by atoms with Crippen LogP contribution in [0.4, 0.5) is 17.6 Å². The number of aromatic nitrogens is 1. The summed E-state index contributed by atoms with van der Waals surface area (Å²) in [5.74, 6) is 0.483. The van der Waals surface area contributed by atoms with Crippen molar-refractivity contribution in [3.05, 3.63) is 93.4 Å². The SMILES string of the molecule is CC(C)COC(=O)[C@]12C3c4cc(OCc5cc6c(cc5F)CCOC6c5ccccc5C(F)(F)F)ncc4[C@H]1[C@@H]32. The van der Waals surface area contributed by atoms with Crippen LogP contribution in [0.2, 0.25) is 0 Å². The molecule has 4 aliphatic carbocycles. The molecule has 1 aliphatic heterocycles. The van der Waals surface area contributed by atoms with Gasteiger partial charge in [-0.2, -0.15) is 13.2 Å². The normalized spacial score (nSPS) is 27.1. The zero-order valence-electron chi connectivity index (χ0n) is 21.9. The van der Waals surface area contributed by atoms with Crippen LogP contribution >= 0.6 is 0 Å². The molecule has 0 amide bonds. The van der Waals surface area contributed by atoms with Crippen molar-refractivity contribution in [1.29, 1.82) is 0 Å². The minimum atomic E-state index is -4.55. The molecule has 2 bridgehead atoms. The van der Waals surface area contributed by atoms with Crippen molar-refractivity contribution < 1.29 is 36.6 Å². The van der Waals surface area contributed by atoms with Crippen molar-refractivity contribution in [2.75, 3.05) is 13.2 Å². The topological polar surface area (TPSA) is 57.7 Å². The molecule has 8 rings (SSSR count). The number of alkyl halides is 3. The Morgan fingerprint density at radius 1 is 1.10 bits per heavy atom. The van der Waals surface area contributed by atoms with Crippen LogP contribution in [0.15, 0.2) is 48.7 Å². The Morgan fingerprint density at radius 3 is 2.65 bits per heavy atom. The second-order valence-electron chi connectivity index (χ2n) is 11.6. The second-order valence-corrected chi connectivity index (χ2v) is 11.6. The molecular weight excluding hydrogens is 526 g/mol. The first-order chi connectivity index (χ1) is 19.1. The van der Waals surface area contributed by atoms with Crippen LogP contribution in [0.5, 0.6) is 5.88 Å². The molecule has 2 saturated carbocycles. The van der Waals surface area contributed by atoms with E-state index in [2.05, 4.69) is 4.98 Å². The smallest absolute Gasteiger partial charge is 0.416 e. The van der Waals surface area contributed by atoms with Gasteiger partial charge in [-0.25, -0.2) is 9.37 Å². The summed E-state index contributed by atoms with van der Waals surface area (Å²) in [4.78, 5) is 17.2. The summed E-state index contributed by atoms with van der Waals surface area (Å²) in [7, 11) is 0. The molecule has 1 aromatic heterocycles. The fraction of sp³-hybridized carbons (Fsp3) is 0.419. The van der Waals surface area contributed by atoms with Gasteiger partial charge in [0.2, 0.25) is 5.88 Å². The maximum atomic E-state index is 15.1. The Balaban J connectivity index is 1.10. The van der Waals surface area contributed by atoms with Gasteiger partial charge in [0.1, 0.15) is 18.5 Å². The van der Waals surface area contributed by atoms with E-state index >= 15 is 4.39 Å². The van der Waals surface area contributed by atoms with Crippen molar-refractivity contribution in [3.63, 3.8) is 0 Å². The van der Waals surface area contributed by atoms with Crippen LogP contribution in [0, 0.1) is 23.1 Å². The number of carbonyl (C=O) groups is 1. The Hall–Kier alpha value is -3.46. The average molecular weight is 554 g/mol. The highest BCUT2D eigenvalue weighted by molar-refractivity contribution is 5.95. The third-order valence-electron chi connectivity index (χ3n) is 8.77.